The summed E-state index contributed by atoms with van der Waals surface area (Å²) in [6.45, 7) is 12.3. The zero-order chi connectivity index (χ0) is 41.5. The largest absolute Gasteiger partial charge is 0.256 e. The van der Waals surface area contributed by atoms with Crippen LogP contribution in [0.25, 0.3) is 94.8 Å². The fourth-order valence-corrected chi connectivity index (χ4v) is 8.39. The van der Waals surface area contributed by atoms with E-state index in [0.717, 1.165) is 83.6 Å². The maximum absolute atomic E-state index is 9.83. The summed E-state index contributed by atoms with van der Waals surface area (Å²) in [6, 6.07) is 61.9. The van der Waals surface area contributed by atoms with E-state index < -0.39 is 5.41 Å². The number of pyridine rings is 1. The van der Waals surface area contributed by atoms with Crippen LogP contribution in [0.5, 0.6) is 0 Å². The van der Waals surface area contributed by atoms with E-state index in [9.17, 15) is 5.26 Å². The van der Waals surface area contributed by atoms with Gasteiger partial charge in [-0.2, -0.15) is 5.26 Å². The maximum Gasteiger partial charge on any atom is 0.196 e. The van der Waals surface area contributed by atoms with Crippen LogP contribution in [0.15, 0.2) is 182 Å². The molecule has 9 aromatic rings. The van der Waals surface area contributed by atoms with Gasteiger partial charge in [-0.15, -0.1) is 0 Å². The first-order valence-corrected chi connectivity index (χ1v) is 20.1. The van der Waals surface area contributed by atoms with Crippen molar-refractivity contribution in [3.8, 4) is 96.0 Å². The number of hydrogen-bond donors (Lipinski definition) is 0. The Labute approximate surface area is 355 Å². The van der Waals surface area contributed by atoms with Gasteiger partial charge in [0.1, 0.15) is 0 Å². The molecule has 0 saturated carbocycles. The predicted molar refractivity (Wildman–Crippen MR) is 244 cm³/mol. The van der Waals surface area contributed by atoms with Crippen molar-refractivity contribution in [1.29, 1.82) is 5.26 Å². The van der Waals surface area contributed by atoms with Crippen molar-refractivity contribution in [2.75, 3.05) is 0 Å². The van der Waals surface area contributed by atoms with Gasteiger partial charge in [0.15, 0.2) is 23.2 Å². The maximum atomic E-state index is 9.83. The first kappa shape index (κ1) is 37.0. The average molecular weight is 781 g/mol. The minimum Gasteiger partial charge on any atom is -0.256 e. The Kier molecular flexibility index (Phi) is 9.17. The second-order valence-corrected chi connectivity index (χ2v) is 15.7. The second-order valence-electron chi connectivity index (χ2n) is 15.7. The molecule has 1 aliphatic carbocycles. The Morgan fingerprint density at radius 3 is 1.59 bits per heavy atom. The summed E-state index contributed by atoms with van der Waals surface area (Å²) in [5.74, 6) is 1.71. The van der Waals surface area contributed by atoms with Crippen LogP contribution >= 0.6 is 0 Å². The van der Waals surface area contributed by atoms with E-state index in [-0.39, 0.29) is 0 Å². The van der Waals surface area contributed by atoms with E-state index in [2.05, 4.69) is 122 Å². The van der Waals surface area contributed by atoms with E-state index in [1.165, 1.54) is 0 Å². The fraction of sp³-hybridized carbons (Fsp3) is 0.0545. The molecule has 0 amide bonds. The smallest absolute Gasteiger partial charge is 0.196 e. The van der Waals surface area contributed by atoms with Crippen LogP contribution in [0.1, 0.15) is 30.5 Å². The lowest BCUT2D eigenvalue weighted by Crippen LogP contribution is -2.15. The molecule has 286 valence electrons. The SMILES string of the molecule is [C-]#[N+]c1cc(C#N)cc2c1-c1ccc(-c3cc(-c4ccc(-c5ccccc5)nc4)cc(-c4nc(-c5ccccc5)nc(-c5ccc(-c6ccccc6)cc5)n4)c3)cc1C2(C)C. The highest BCUT2D eigenvalue weighted by Crippen LogP contribution is 2.53. The molecule has 0 radical (unpaired) electrons. The van der Waals surface area contributed by atoms with Gasteiger partial charge >= 0.3 is 0 Å². The van der Waals surface area contributed by atoms with Crippen molar-refractivity contribution in [2.24, 2.45) is 0 Å². The summed E-state index contributed by atoms with van der Waals surface area (Å²) < 4.78 is 0. The summed E-state index contributed by atoms with van der Waals surface area (Å²) in [4.78, 5) is 24.1. The van der Waals surface area contributed by atoms with Crippen LogP contribution in [0.2, 0.25) is 0 Å². The van der Waals surface area contributed by atoms with E-state index in [4.69, 9.17) is 26.5 Å². The van der Waals surface area contributed by atoms with Crippen molar-refractivity contribution in [3.63, 3.8) is 0 Å². The highest BCUT2D eigenvalue weighted by Gasteiger charge is 2.37. The number of rotatable bonds is 7. The predicted octanol–water partition coefficient (Wildman–Crippen LogP) is 13.7. The molecule has 0 aliphatic heterocycles. The summed E-state index contributed by atoms with van der Waals surface area (Å²) in [5, 5.41) is 9.83. The summed E-state index contributed by atoms with van der Waals surface area (Å²) in [5.41, 5.74) is 15.3. The molecular formula is C55H36N6. The molecule has 61 heavy (non-hydrogen) atoms. The van der Waals surface area contributed by atoms with Crippen LogP contribution in [-0.2, 0) is 5.41 Å². The topological polar surface area (TPSA) is 79.7 Å². The second kappa shape index (κ2) is 15.1. The van der Waals surface area contributed by atoms with Gasteiger partial charge in [0.2, 0.25) is 0 Å². The first-order valence-electron chi connectivity index (χ1n) is 20.1. The van der Waals surface area contributed by atoms with Crippen molar-refractivity contribution >= 4 is 5.69 Å². The Hall–Kier alpha value is -8.32. The molecule has 0 N–H and O–H groups in total. The van der Waals surface area contributed by atoms with Crippen LogP contribution < -0.4 is 0 Å². The molecule has 0 saturated heterocycles. The number of hydrogen-bond acceptors (Lipinski definition) is 5. The van der Waals surface area contributed by atoms with Crippen molar-refractivity contribution in [2.45, 2.75) is 19.3 Å². The van der Waals surface area contributed by atoms with Gasteiger partial charge in [0.05, 0.1) is 18.3 Å². The van der Waals surface area contributed by atoms with Gasteiger partial charge in [0, 0.05) is 45.0 Å². The van der Waals surface area contributed by atoms with E-state index in [0.29, 0.717) is 28.7 Å². The number of fused-ring (bicyclic) bond motifs is 3. The number of aromatic nitrogens is 4. The molecule has 0 atom stereocenters. The standard InChI is InChI=1S/C55H36N6/c1-55(2)47-32-41(23-25-46(47)51-48(55)27-35(33-56)28-50(51)57-3)43-29-44(42-24-26-49(58-34-42)38-15-9-5-10-16-38)31-45(30-43)54-60-52(39-17-11-6-12-18-39)59-53(61-54)40-21-19-37(20-22-40)36-13-7-4-8-14-36/h4-32,34H,1-2H3. The molecule has 6 nitrogen and oxygen atoms in total. The highest BCUT2D eigenvalue weighted by molar-refractivity contribution is 5.93. The van der Waals surface area contributed by atoms with Gasteiger partial charge < -0.3 is 0 Å². The third kappa shape index (κ3) is 6.83. The van der Waals surface area contributed by atoms with Gasteiger partial charge in [-0.1, -0.05) is 147 Å². The zero-order valence-electron chi connectivity index (χ0n) is 33.5. The molecule has 7 aromatic carbocycles. The molecule has 1 aliphatic rings. The zero-order valence-corrected chi connectivity index (χ0v) is 33.5. The number of nitrogens with zero attached hydrogens (tertiary/aromatic N) is 6. The third-order valence-corrected chi connectivity index (χ3v) is 11.6. The van der Waals surface area contributed by atoms with Crippen LogP contribution in [0.4, 0.5) is 5.69 Å². The lowest BCUT2D eigenvalue weighted by Gasteiger charge is -2.22. The average Bonchev–Trinajstić information content (AvgIpc) is 3.56. The molecule has 10 rings (SSSR count). The molecule has 0 unspecified atom stereocenters. The van der Waals surface area contributed by atoms with Crippen LogP contribution in [-0.4, -0.2) is 19.9 Å². The summed E-state index contributed by atoms with van der Waals surface area (Å²) in [6.07, 6.45) is 1.93. The molecule has 6 heteroatoms. The van der Waals surface area contributed by atoms with E-state index >= 15 is 0 Å². The Morgan fingerprint density at radius 2 is 0.984 bits per heavy atom. The van der Waals surface area contributed by atoms with Gasteiger partial charge in [-0.25, -0.2) is 19.8 Å². The third-order valence-electron chi connectivity index (χ3n) is 11.6. The number of nitriles is 1. The monoisotopic (exact) mass is 780 g/mol. The summed E-state index contributed by atoms with van der Waals surface area (Å²) >= 11 is 0. The van der Waals surface area contributed by atoms with Gasteiger partial charge in [-0.05, 0) is 92.5 Å². The molecule has 2 heterocycles. The van der Waals surface area contributed by atoms with Crippen molar-refractivity contribution in [3.05, 3.63) is 210 Å². The van der Waals surface area contributed by atoms with Gasteiger partial charge in [-0.3, -0.25) is 4.98 Å². The van der Waals surface area contributed by atoms with Crippen molar-refractivity contribution in [1.82, 2.24) is 19.9 Å². The number of benzene rings is 7. The minimum atomic E-state index is -0.436. The molecule has 0 bridgehead atoms. The quantitative estimate of drug-likeness (QED) is 0.150. The first-order chi connectivity index (χ1) is 29.9. The molecule has 0 fully saturated rings. The fourth-order valence-electron chi connectivity index (χ4n) is 8.39. The van der Waals surface area contributed by atoms with E-state index in [1.54, 1.807) is 6.07 Å². The lowest BCUT2D eigenvalue weighted by atomic mass is 9.81. The van der Waals surface area contributed by atoms with E-state index in [1.807, 2.05) is 79.0 Å². The Morgan fingerprint density at radius 1 is 0.475 bits per heavy atom. The van der Waals surface area contributed by atoms with Crippen LogP contribution in [0, 0.1) is 17.9 Å². The lowest BCUT2D eigenvalue weighted by molar-refractivity contribution is 0.660. The Bertz CT molecular complexity index is 3200. The Balaban J connectivity index is 1.14. The minimum absolute atomic E-state index is 0.436. The van der Waals surface area contributed by atoms with Gasteiger partial charge in [0.25, 0.3) is 0 Å². The van der Waals surface area contributed by atoms with Crippen molar-refractivity contribution < 1.29 is 0 Å². The molecule has 2 aromatic heterocycles. The normalized spacial score (nSPS) is 12.2. The van der Waals surface area contributed by atoms with Crippen LogP contribution in [0.3, 0.4) is 0 Å². The highest BCUT2D eigenvalue weighted by atomic mass is 15.0. The molecular weight excluding hydrogens is 745 g/mol. The molecule has 0 spiro atoms. The summed E-state index contributed by atoms with van der Waals surface area (Å²) in [7, 11) is 0.